The fourth-order valence-electron chi connectivity index (χ4n) is 2.00. The van der Waals surface area contributed by atoms with Crippen LogP contribution in [-0.2, 0) is 10.0 Å². The summed E-state index contributed by atoms with van der Waals surface area (Å²) in [5.41, 5.74) is -0.269. The zero-order valence-electron chi connectivity index (χ0n) is 9.90. The van der Waals surface area contributed by atoms with Crippen molar-refractivity contribution in [2.75, 3.05) is 13.1 Å². The molecule has 5 nitrogen and oxygen atoms in total. The summed E-state index contributed by atoms with van der Waals surface area (Å²) in [5, 5.41) is 5.03. The van der Waals surface area contributed by atoms with E-state index in [-0.39, 0.29) is 14.9 Å². The minimum absolute atomic E-state index is 0.00507. The summed E-state index contributed by atoms with van der Waals surface area (Å²) in [7, 11) is -4.01. The maximum absolute atomic E-state index is 13.8. The molecule has 0 bridgehead atoms. The molecule has 0 aromatic heterocycles. The molecule has 1 amide bonds. The van der Waals surface area contributed by atoms with E-state index in [0.29, 0.717) is 13.1 Å². The van der Waals surface area contributed by atoms with Crippen molar-refractivity contribution in [3.8, 4) is 0 Å². The summed E-state index contributed by atoms with van der Waals surface area (Å²) in [6, 6.07) is 1.93. The molecule has 0 atom stereocenters. The van der Waals surface area contributed by atoms with Gasteiger partial charge in [-0.3, -0.25) is 4.79 Å². The second-order valence-electron chi connectivity index (χ2n) is 4.31. The second kappa shape index (κ2) is 5.18. The Bertz CT molecular complexity index is 627. The highest BCUT2D eigenvalue weighted by molar-refractivity contribution is 9.10. The smallest absolute Gasteiger partial charge is 0.256 e. The molecule has 8 heteroatoms. The molecule has 19 heavy (non-hydrogen) atoms. The zero-order chi connectivity index (χ0) is 14.2. The van der Waals surface area contributed by atoms with Crippen LogP contribution >= 0.6 is 15.9 Å². The average Bonchev–Trinajstić information content (AvgIpc) is 2.79. The fourth-order valence-corrected chi connectivity index (χ4v) is 3.61. The lowest BCUT2D eigenvalue weighted by Gasteiger charge is -2.16. The van der Waals surface area contributed by atoms with E-state index in [1.165, 1.54) is 4.90 Å². The number of carbonyl (C=O) groups is 1. The van der Waals surface area contributed by atoms with Crippen LogP contribution in [0.4, 0.5) is 4.39 Å². The molecule has 0 radical (unpaired) electrons. The normalized spacial score (nSPS) is 15.8. The van der Waals surface area contributed by atoms with Gasteiger partial charge >= 0.3 is 0 Å². The Morgan fingerprint density at radius 3 is 2.42 bits per heavy atom. The van der Waals surface area contributed by atoms with Gasteiger partial charge in [0.1, 0.15) is 5.82 Å². The van der Waals surface area contributed by atoms with E-state index < -0.39 is 21.7 Å². The Morgan fingerprint density at radius 2 is 1.89 bits per heavy atom. The Morgan fingerprint density at radius 1 is 1.32 bits per heavy atom. The number of primary sulfonamides is 1. The molecule has 2 N–H and O–H groups in total. The van der Waals surface area contributed by atoms with Gasteiger partial charge in [-0.2, -0.15) is 0 Å². The molecule has 1 aromatic rings. The summed E-state index contributed by atoms with van der Waals surface area (Å²) in [6.45, 7) is 1.11. The molecule has 0 spiro atoms. The number of nitrogens with zero attached hydrogens (tertiary/aromatic N) is 1. The van der Waals surface area contributed by atoms with Crippen molar-refractivity contribution in [2.45, 2.75) is 17.7 Å². The summed E-state index contributed by atoms with van der Waals surface area (Å²) in [4.78, 5) is 13.3. The molecule has 1 heterocycles. The van der Waals surface area contributed by atoms with Crippen LogP contribution in [0.15, 0.2) is 21.5 Å². The number of benzene rings is 1. The maximum Gasteiger partial charge on any atom is 0.256 e. The molecule has 1 fully saturated rings. The molecule has 0 aliphatic carbocycles. The van der Waals surface area contributed by atoms with E-state index in [1.807, 2.05) is 0 Å². The lowest BCUT2D eigenvalue weighted by atomic mass is 10.2. The van der Waals surface area contributed by atoms with Crippen LogP contribution in [0.5, 0.6) is 0 Å². The SMILES string of the molecule is NS(=O)(=O)c1cc(C(=O)N2CCCC2)c(F)cc1Br. The molecule has 104 valence electrons. The first-order chi connectivity index (χ1) is 8.80. The molecule has 1 aliphatic heterocycles. The van der Waals surface area contributed by atoms with Gasteiger partial charge in [-0.15, -0.1) is 0 Å². The van der Waals surface area contributed by atoms with Crippen molar-refractivity contribution in [2.24, 2.45) is 5.14 Å². The van der Waals surface area contributed by atoms with Gasteiger partial charge < -0.3 is 4.90 Å². The van der Waals surface area contributed by atoms with Gasteiger partial charge in [0.25, 0.3) is 5.91 Å². The van der Waals surface area contributed by atoms with E-state index in [1.54, 1.807) is 0 Å². The highest BCUT2D eigenvalue weighted by atomic mass is 79.9. The second-order valence-corrected chi connectivity index (χ2v) is 6.69. The number of rotatable bonds is 2. The number of nitrogens with two attached hydrogens (primary N) is 1. The third kappa shape index (κ3) is 2.96. The van der Waals surface area contributed by atoms with Crippen LogP contribution in [0.1, 0.15) is 23.2 Å². The minimum Gasteiger partial charge on any atom is -0.339 e. The summed E-state index contributed by atoms with van der Waals surface area (Å²) >= 11 is 2.93. The van der Waals surface area contributed by atoms with Gasteiger partial charge in [0.05, 0.1) is 10.5 Å². The van der Waals surface area contributed by atoms with Crippen LogP contribution in [0.3, 0.4) is 0 Å². The van der Waals surface area contributed by atoms with E-state index in [9.17, 15) is 17.6 Å². The number of sulfonamides is 1. The van der Waals surface area contributed by atoms with Gasteiger partial charge in [0, 0.05) is 17.6 Å². The molecule has 0 unspecified atom stereocenters. The first-order valence-electron chi connectivity index (χ1n) is 5.62. The van der Waals surface area contributed by atoms with E-state index in [0.717, 1.165) is 25.0 Å². The lowest BCUT2D eigenvalue weighted by molar-refractivity contribution is 0.0788. The van der Waals surface area contributed by atoms with E-state index in [4.69, 9.17) is 5.14 Å². The number of amides is 1. The quantitative estimate of drug-likeness (QED) is 0.876. The lowest BCUT2D eigenvalue weighted by Crippen LogP contribution is -2.29. The number of hydrogen-bond donors (Lipinski definition) is 1. The van der Waals surface area contributed by atoms with Crippen LogP contribution in [0.2, 0.25) is 0 Å². The van der Waals surface area contributed by atoms with Crippen LogP contribution in [0.25, 0.3) is 0 Å². The summed E-state index contributed by atoms with van der Waals surface area (Å²) < 4.78 is 36.5. The van der Waals surface area contributed by atoms with Crippen LogP contribution in [-0.4, -0.2) is 32.3 Å². The van der Waals surface area contributed by atoms with Gasteiger partial charge in [-0.25, -0.2) is 17.9 Å². The fraction of sp³-hybridized carbons (Fsp3) is 0.364. The van der Waals surface area contributed by atoms with E-state index in [2.05, 4.69) is 15.9 Å². The predicted molar refractivity (Wildman–Crippen MR) is 70.6 cm³/mol. The summed E-state index contributed by atoms with van der Waals surface area (Å²) in [5.74, 6) is -1.27. The third-order valence-electron chi connectivity index (χ3n) is 2.95. The third-order valence-corrected chi connectivity index (χ3v) is 4.82. The van der Waals surface area contributed by atoms with Crippen molar-refractivity contribution in [3.05, 3.63) is 28.0 Å². The number of carbonyl (C=O) groups excluding carboxylic acids is 1. The average molecular weight is 351 g/mol. The predicted octanol–water partition coefficient (Wildman–Crippen LogP) is 1.47. The highest BCUT2D eigenvalue weighted by Gasteiger charge is 2.25. The molecule has 1 aliphatic rings. The Balaban J connectivity index is 2.48. The first kappa shape index (κ1) is 14.4. The van der Waals surface area contributed by atoms with Gasteiger partial charge in [-0.05, 0) is 40.9 Å². The monoisotopic (exact) mass is 350 g/mol. The Labute approximate surface area is 118 Å². The molecule has 1 saturated heterocycles. The van der Waals surface area contributed by atoms with Gasteiger partial charge in [0.2, 0.25) is 10.0 Å². The van der Waals surface area contributed by atoms with Gasteiger partial charge in [-0.1, -0.05) is 0 Å². The van der Waals surface area contributed by atoms with Crippen LogP contribution < -0.4 is 5.14 Å². The van der Waals surface area contributed by atoms with Crippen LogP contribution in [0, 0.1) is 5.82 Å². The Hall–Kier alpha value is -0.990. The molecular weight excluding hydrogens is 339 g/mol. The molecule has 1 aromatic carbocycles. The molecular formula is C11H12BrFN2O3S. The zero-order valence-corrected chi connectivity index (χ0v) is 12.3. The Kier molecular flexibility index (Phi) is 3.93. The highest BCUT2D eigenvalue weighted by Crippen LogP contribution is 2.26. The number of halogens is 2. The summed E-state index contributed by atoms with van der Waals surface area (Å²) in [6.07, 6.45) is 1.73. The topological polar surface area (TPSA) is 80.5 Å². The van der Waals surface area contributed by atoms with Crippen molar-refractivity contribution < 1.29 is 17.6 Å². The first-order valence-corrected chi connectivity index (χ1v) is 7.96. The molecule has 0 saturated carbocycles. The van der Waals surface area contributed by atoms with Crippen molar-refractivity contribution in [3.63, 3.8) is 0 Å². The number of likely N-dealkylation sites (tertiary alicyclic amines) is 1. The maximum atomic E-state index is 13.8. The number of hydrogen-bond acceptors (Lipinski definition) is 3. The van der Waals surface area contributed by atoms with Crippen molar-refractivity contribution in [1.29, 1.82) is 0 Å². The largest absolute Gasteiger partial charge is 0.339 e. The minimum atomic E-state index is -4.01. The standard InChI is InChI=1S/C11H12BrFN2O3S/c12-8-6-9(13)7(5-10(8)19(14,17)18)11(16)15-3-1-2-4-15/h5-6H,1-4H2,(H2,14,17,18). The van der Waals surface area contributed by atoms with Crippen molar-refractivity contribution >= 4 is 31.9 Å². The molecule has 2 rings (SSSR count). The van der Waals surface area contributed by atoms with Crippen molar-refractivity contribution in [1.82, 2.24) is 4.90 Å². The van der Waals surface area contributed by atoms with E-state index >= 15 is 0 Å². The van der Waals surface area contributed by atoms with Gasteiger partial charge in [0.15, 0.2) is 0 Å².